The minimum atomic E-state index is -1.29. The lowest BCUT2D eigenvalue weighted by atomic mass is 10.1. The Bertz CT molecular complexity index is 947. The summed E-state index contributed by atoms with van der Waals surface area (Å²) in [4.78, 5) is 20.0. The number of nitrogens with zero attached hydrogens (tertiary/aromatic N) is 3. The minimum absolute atomic E-state index is 0.0167. The summed E-state index contributed by atoms with van der Waals surface area (Å²) in [6.07, 6.45) is 0.778. The first-order valence-corrected chi connectivity index (χ1v) is 10.9. The number of para-hydroxylation sites is 1. The number of piperazine rings is 1. The van der Waals surface area contributed by atoms with E-state index in [1.165, 1.54) is 0 Å². The minimum Gasteiger partial charge on any atom is -0.369 e. The van der Waals surface area contributed by atoms with Gasteiger partial charge in [0.25, 0.3) is 11.7 Å². The van der Waals surface area contributed by atoms with Crippen LogP contribution in [0, 0.1) is 0 Å². The summed E-state index contributed by atoms with van der Waals surface area (Å²) in [5, 5.41) is 0.751. The van der Waals surface area contributed by atoms with Crippen LogP contribution in [-0.4, -0.2) is 56.4 Å². The molecule has 6 nitrogen and oxygen atoms in total. The zero-order chi connectivity index (χ0) is 20.7. The zero-order valence-corrected chi connectivity index (χ0v) is 17.8. The van der Waals surface area contributed by atoms with Crippen molar-refractivity contribution in [2.45, 2.75) is 25.2 Å². The molecule has 2 atom stereocenters. The van der Waals surface area contributed by atoms with Gasteiger partial charge in [-0.1, -0.05) is 35.9 Å². The first-order valence-electron chi connectivity index (χ1n) is 10.5. The second kappa shape index (κ2) is 7.85. The number of hydrogen-bond acceptors (Lipinski definition) is 5. The molecule has 3 aliphatic rings. The highest BCUT2D eigenvalue weighted by Crippen LogP contribution is 2.46. The molecule has 0 saturated carbocycles. The largest absolute Gasteiger partial charge is 0.369 e. The maximum atomic E-state index is 13.5. The molecule has 1 amide bonds. The van der Waals surface area contributed by atoms with Gasteiger partial charge in [-0.3, -0.25) is 14.6 Å². The molecule has 0 unspecified atom stereocenters. The van der Waals surface area contributed by atoms with Gasteiger partial charge in [0.05, 0.1) is 25.1 Å². The molecule has 3 heterocycles. The van der Waals surface area contributed by atoms with Gasteiger partial charge in [-0.15, -0.1) is 0 Å². The summed E-state index contributed by atoms with van der Waals surface area (Å²) >= 11 is 6.15. The van der Waals surface area contributed by atoms with Gasteiger partial charge in [-0.2, -0.15) is 0 Å². The molecule has 2 fully saturated rings. The molecule has 0 radical (unpaired) electrons. The smallest absolute Gasteiger partial charge is 0.293 e. The molecule has 5 rings (SSSR count). The van der Waals surface area contributed by atoms with Gasteiger partial charge in [0.1, 0.15) is 0 Å². The summed E-state index contributed by atoms with van der Waals surface area (Å²) in [6.45, 7) is 6.55. The first kappa shape index (κ1) is 19.8. The Morgan fingerprint density at radius 1 is 1.10 bits per heavy atom. The lowest BCUT2D eigenvalue weighted by Gasteiger charge is -2.39. The first-order chi connectivity index (χ1) is 14.6. The number of amides is 1. The molecule has 2 aromatic carbocycles. The molecule has 7 heteroatoms. The van der Waals surface area contributed by atoms with Gasteiger partial charge in [0.15, 0.2) is 0 Å². The molecule has 1 spiro atoms. The number of anilines is 2. The van der Waals surface area contributed by atoms with E-state index in [2.05, 4.69) is 15.9 Å². The predicted octanol–water partition coefficient (Wildman–Crippen LogP) is 3.44. The van der Waals surface area contributed by atoms with Gasteiger partial charge in [0.2, 0.25) is 0 Å². The Kier molecular flexibility index (Phi) is 5.19. The fraction of sp³-hybridized carbons (Fsp3) is 0.435. The van der Waals surface area contributed by atoms with Crippen LogP contribution < -0.4 is 9.80 Å². The van der Waals surface area contributed by atoms with Crippen molar-refractivity contribution in [2.24, 2.45) is 0 Å². The monoisotopic (exact) mass is 427 g/mol. The van der Waals surface area contributed by atoms with Crippen molar-refractivity contribution in [3.8, 4) is 0 Å². The van der Waals surface area contributed by atoms with Crippen LogP contribution in [0.4, 0.5) is 11.4 Å². The summed E-state index contributed by atoms with van der Waals surface area (Å²) < 4.78 is 12.1. The van der Waals surface area contributed by atoms with E-state index in [0.717, 1.165) is 54.6 Å². The molecule has 0 bridgehead atoms. The Labute approximate surface area is 181 Å². The number of carbonyl (C=O) groups excluding carboxylic acids is 1. The van der Waals surface area contributed by atoms with Crippen molar-refractivity contribution in [1.82, 2.24) is 4.90 Å². The summed E-state index contributed by atoms with van der Waals surface area (Å²) in [5.41, 5.74) is 2.84. The Morgan fingerprint density at radius 3 is 2.67 bits per heavy atom. The van der Waals surface area contributed by atoms with Crippen molar-refractivity contribution in [3.05, 3.63) is 59.1 Å². The standard InChI is InChI=1S/C23H26ClN3O3/c1-17-9-14-29-23(30-17)20-7-2-3-8-21(20)27(22(23)28)16-25-10-12-26(13-11-25)19-6-4-5-18(24)15-19/h2-8,15,17H,9-14,16H2,1H3/t17-,23+/m0/s1. The van der Waals surface area contributed by atoms with Gasteiger partial charge >= 0.3 is 0 Å². The third kappa shape index (κ3) is 3.38. The molecule has 2 saturated heterocycles. The number of rotatable bonds is 3. The average Bonchev–Trinajstić information content (AvgIpc) is 2.97. The second-order valence-corrected chi connectivity index (χ2v) is 8.60. The Hall–Kier alpha value is -2.12. The maximum absolute atomic E-state index is 13.5. The molecule has 0 aromatic heterocycles. The fourth-order valence-corrected chi connectivity index (χ4v) is 4.73. The van der Waals surface area contributed by atoms with E-state index in [9.17, 15) is 4.79 Å². The van der Waals surface area contributed by atoms with Gasteiger partial charge in [-0.25, -0.2) is 0 Å². The van der Waals surface area contributed by atoms with E-state index in [-0.39, 0.29) is 12.0 Å². The van der Waals surface area contributed by atoms with Crippen LogP contribution in [0.2, 0.25) is 5.02 Å². The van der Waals surface area contributed by atoms with Crippen LogP contribution in [0.5, 0.6) is 0 Å². The molecular weight excluding hydrogens is 402 g/mol. The number of hydrogen-bond donors (Lipinski definition) is 0. The van der Waals surface area contributed by atoms with E-state index in [4.69, 9.17) is 21.1 Å². The van der Waals surface area contributed by atoms with E-state index in [0.29, 0.717) is 13.3 Å². The topological polar surface area (TPSA) is 45.3 Å². The van der Waals surface area contributed by atoms with Crippen molar-refractivity contribution in [2.75, 3.05) is 49.3 Å². The van der Waals surface area contributed by atoms with E-state index < -0.39 is 5.79 Å². The summed E-state index contributed by atoms with van der Waals surface area (Å²) in [7, 11) is 0. The van der Waals surface area contributed by atoms with Crippen molar-refractivity contribution >= 4 is 28.9 Å². The number of halogens is 1. The lowest BCUT2D eigenvalue weighted by Crippen LogP contribution is -2.54. The summed E-state index contributed by atoms with van der Waals surface area (Å²) in [6, 6.07) is 15.8. The number of benzene rings is 2. The SMILES string of the molecule is C[C@H]1CCO[C@]2(O1)C(=O)N(CN1CCN(c3cccc(Cl)c3)CC1)c1ccccc12. The van der Waals surface area contributed by atoms with Crippen LogP contribution in [0.3, 0.4) is 0 Å². The molecule has 30 heavy (non-hydrogen) atoms. The van der Waals surface area contributed by atoms with E-state index >= 15 is 0 Å². The number of carbonyl (C=O) groups is 1. The highest BCUT2D eigenvalue weighted by atomic mass is 35.5. The molecular formula is C23H26ClN3O3. The third-order valence-electron chi connectivity index (χ3n) is 6.16. The fourth-order valence-electron chi connectivity index (χ4n) is 4.55. The third-order valence-corrected chi connectivity index (χ3v) is 6.40. The van der Waals surface area contributed by atoms with Crippen molar-refractivity contribution in [1.29, 1.82) is 0 Å². The Balaban J connectivity index is 1.32. The van der Waals surface area contributed by atoms with E-state index in [1.807, 2.05) is 54.3 Å². The lowest BCUT2D eigenvalue weighted by molar-refractivity contribution is -0.277. The molecule has 158 valence electrons. The van der Waals surface area contributed by atoms with Gasteiger partial charge in [0, 0.05) is 42.5 Å². The molecule has 3 aliphatic heterocycles. The quantitative estimate of drug-likeness (QED) is 0.750. The van der Waals surface area contributed by atoms with Crippen LogP contribution in [0.15, 0.2) is 48.5 Å². The zero-order valence-electron chi connectivity index (χ0n) is 17.1. The highest BCUT2D eigenvalue weighted by Gasteiger charge is 2.56. The molecule has 2 aromatic rings. The normalized spacial score (nSPS) is 27.0. The van der Waals surface area contributed by atoms with Gasteiger partial charge < -0.3 is 14.4 Å². The average molecular weight is 428 g/mol. The van der Waals surface area contributed by atoms with E-state index in [1.54, 1.807) is 0 Å². The van der Waals surface area contributed by atoms with Crippen molar-refractivity contribution in [3.63, 3.8) is 0 Å². The van der Waals surface area contributed by atoms with Crippen LogP contribution >= 0.6 is 11.6 Å². The van der Waals surface area contributed by atoms with Crippen LogP contribution in [-0.2, 0) is 20.1 Å². The Morgan fingerprint density at radius 2 is 1.90 bits per heavy atom. The van der Waals surface area contributed by atoms with Crippen LogP contribution in [0.1, 0.15) is 18.9 Å². The van der Waals surface area contributed by atoms with Crippen LogP contribution in [0.25, 0.3) is 0 Å². The van der Waals surface area contributed by atoms with Crippen molar-refractivity contribution < 1.29 is 14.3 Å². The second-order valence-electron chi connectivity index (χ2n) is 8.16. The summed E-state index contributed by atoms with van der Waals surface area (Å²) in [5.74, 6) is -1.41. The molecule has 0 aliphatic carbocycles. The molecule has 0 N–H and O–H groups in total. The number of ether oxygens (including phenoxy) is 2. The maximum Gasteiger partial charge on any atom is 0.293 e. The number of fused-ring (bicyclic) bond motifs is 2. The predicted molar refractivity (Wildman–Crippen MR) is 117 cm³/mol. The van der Waals surface area contributed by atoms with Gasteiger partial charge in [-0.05, 0) is 37.6 Å². The highest BCUT2D eigenvalue weighted by molar-refractivity contribution is 6.30.